The lowest BCUT2D eigenvalue weighted by Crippen LogP contribution is -1.96. The third-order valence-electron chi connectivity index (χ3n) is 1.53. The third kappa shape index (κ3) is 2.43. The molecule has 0 aromatic carbocycles. The Labute approximate surface area is 85.4 Å². The van der Waals surface area contributed by atoms with Crippen molar-refractivity contribution in [3.63, 3.8) is 0 Å². The maximum Gasteiger partial charge on any atom is 0.288 e. The molecule has 0 saturated heterocycles. The number of halogens is 1. The molecule has 5 nitrogen and oxygen atoms in total. The van der Waals surface area contributed by atoms with E-state index in [1.807, 2.05) is 0 Å². The highest BCUT2D eigenvalue weighted by Crippen LogP contribution is 2.17. The number of hydrogen-bond donors (Lipinski definition) is 1. The molecule has 1 aromatic rings. The molecule has 0 radical (unpaired) electrons. The maximum absolute atomic E-state index is 10.4. The molecule has 0 unspecified atom stereocenters. The Morgan fingerprint density at radius 1 is 1.71 bits per heavy atom. The van der Waals surface area contributed by atoms with Gasteiger partial charge in [-0.05, 0) is 0 Å². The second-order valence-electron chi connectivity index (χ2n) is 2.48. The summed E-state index contributed by atoms with van der Waals surface area (Å²) >= 11 is 5.42. The van der Waals surface area contributed by atoms with E-state index < -0.39 is 4.92 Å². The van der Waals surface area contributed by atoms with E-state index in [1.54, 1.807) is 12.2 Å². The summed E-state index contributed by atoms with van der Waals surface area (Å²) in [6.07, 6.45) is 4.36. The van der Waals surface area contributed by atoms with Crippen LogP contribution in [0.15, 0.2) is 18.3 Å². The summed E-state index contributed by atoms with van der Waals surface area (Å²) < 4.78 is 0. The predicted octanol–water partition coefficient (Wildman–Crippen LogP) is 1.82. The molecule has 74 valence electrons. The summed E-state index contributed by atoms with van der Waals surface area (Å²) in [4.78, 5) is 13.6. The average Bonchev–Trinajstić information content (AvgIpc) is 2.16. The van der Waals surface area contributed by atoms with Crippen molar-refractivity contribution in [2.75, 3.05) is 11.6 Å². The Hall–Kier alpha value is -1.62. The van der Waals surface area contributed by atoms with Crippen molar-refractivity contribution in [3.05, 3.63) is 34.0 Å². The molecule has 1 heterocycles. The first-order valence-electron chi connectivity index (χ1n) is 3.77. The highest BCUT2D eigenvalue weighted by molar-refractivity contribution is 6.19. The molecule has 6 heteroatoms. The molecule has 0 aliphatic rings. The van der Waals surface area contributed by atoms with Crippen LogP contribution in [0.25, 0.3) is 6.08 Å². The van der Waals surface area contributed by atoms with E-state index in [2.05, 4.69) is 4.98 Å². The minimum absolute atomic E-state index is 0.0894. The van der Waals surface area contributed by atoms with Gasteiger partial charge in [-0.25, -0.2) is 4.98 Å². The number of hydrogen-bond acceptors (Lipinski definition) is 4. The van der Waals surface area contributed by atoms with E-state index in [0.717, 1.165) is 6.20 Å². The first kappa shape index (κ1) is 10.5. The van der Waals surface area contributed by atoms with Gasteiger partial charge in [0.1, 0.15) is 12.0 Å². The van der Waals surface area contributed by atoms with Crippen molar-refractivity contribution in [3.8, 4) is 0 Å². The molecule has 1 rings (SSSR count). The van der Waals surface area contributed by atoms with Crippen molar-refractivity contribution in [2.24, 2.45) is 0 Å². The second-order valence-corrected chi connectivity index (χ2v) is 2.79. The number of rotatable bonds is 3. The van der Waals surface area contributed by atoms with Gasteiger partial charge in [0.2, 0.25) is 0 Å². The summed E-state index contributed by atoms with van der Waals surface area (Å²) in [6, 6.07) is 1.35. The van der Waals surface area contributed by atoms with Gasteiger partial charge < -0.3 is 5.73 Å². The highest BCUT2D eigenvalue weighted by Gasteiger charge is 2.07. The maximum atomic E-state index is 10.4. The number of anilines is 1. The van der Waals surface area contributed by atoms with Crippen LogP contribution in [0.1, 0.15) is 5.56 Å². The van der Waals surface area contributed by atoms with Crippen LogP contribution in [0.3, 0.4) is 0 Å². The van der Waals surface area contributed by atoms with Gasteiger partial charge in [-0.1, -0.05) is 12.2 Å². The largest absolute Gasteiger partial charge is 0.383 e. The smallest absolute Gasteiger partial charge is 0.288 e. The molecule has 14 heavy (non-hydrogen) atoms. The molecular formula is C8H8ClN3O2. The zero-order chi connectivity index (χ0) is 10.6. The fourth-order valence-corrected chi connectivity index (χ4v) is 0.975. The van der Waals surface area contributed by atoms with Crippen LogP contribution >= 0.6 is 11.6 Å². The molecule has 0 aliphatic carbocycles. The molecule has 0 atom stereocenters. The second kappa shape index (κ2) is 4.57. The van der Waals surface area contributed by atoms with E-state index in [9.17, 15) is 10.1 Å². The van der Waals surface area contributed by atoms with Gasteiger partial charge in [0.25, 0.3) is 5.69 Å². The minimum atomic E-state index is -0.523. The van der Waals surface area contributed by atoms with Gasteiger partial charge in [-0.2, -0.15) is 0 Å². The van der Waals surface area contributed by atoms with Crippen LogP contribution in [-0.2, 0) is 0 Å². The minimum Gasteiger partial charge on any atom is -0.383 e. The number of nitrogens with zero attached hydrogens (tertiary/aromatic N) is 2. The molecule has 0 fully saturated rings. The molecule has 1 aromatic heterocycles. The molecule has 2 N–H and O–H groups in total. The van der Waals surface area contributed by atoms with Crippen LogP contribution in [-0.4, -0.2) is 15.8 Å². The Bertz CT molecular complexity index is 379. The van der Waals surface area contributed by atoms with Crippen molar-refractivity contribution in [1.82, 2.24) is 4.98 Å². The molecular weight excluding hydrogens is 206 g/mol. The number of alkyl halides is 1. The fraction of sp³-hybridized carbons (Fsp3) is 0.125. The monoisotopic (exact) mass is 213 g/mol. The number of allylic oxidation sites excluding steroid dienone is 1. The van der Waals surface area contributed by atoms with Crippen molar-refractivity contribution in [1.29, 1.82) is 0 Å². The van der Waals surface area contributed by atoms with Crippen LogP contribution in [0.4, 0.5) is 11.5 Å². The number of nitro groups is 1. The van der Waals surface area contributed by atoms with Crippen LogP contribution in [0.2, 0.25) is 0 Å². The summed E-state index contributed by atoms with van der Waals surface area (Å²) in [6.45, 7) is 0. The van der Waals surface area contributed by atoms with Crippen molar-refractivity contribution in [2.45, 2.75) is 0 Å². The fourth-order valence-electron chi connectivity index (χ4n) is 0.886. The van der Waals surface area contributed by atoms with Crippen LogP contribution in [0.5, 0.6) is 0 Å². The molecule has 0 amide bonds. The van der Waals surface area contributed by atoms with E-state index in [4.69, 9.17) is 17.3 Å². The van der Waals surface area contributed by atoms with E-state index in [0.29, 0.717) is 11.4 Å². The van der Waals surface area contributed by atoms with Crippen molar-refractivity contribution < 1.29 is 4.92 Å². The average molecular weight is 214 g/mol. The normalized spacial score (nSPS) is 10.6. The van der Waals surface area contributed by atoms with Crippen molar-refractivity contribution >= 4 is 29.2 Å². The van der Waals surface area contributed by atoms with Crippen LogP contribution in [0, 0.1) is 10.1 Å². The van der Waals surface area contributed by atoms with Gasteiger partial charge in [0, 0.05) is 17.5 Å². The Morgan fingerprint density at radius 3 is 3.00 bits per heavy atom. The summed E-state index contributed by atoms with van der Waals surface area (Å²) in [5.41, 5.74) is 5.91. The predicted molar refractivity (Wildman–Crippen MR) is 55.1 cm³/mol. The summed E-state index contributed by atoms with van der Waals surface area (Å²) in [5, 5.41) is 10.4. The zero-order valence-corrected chi connectivity index (χ0v) is 7.94. The van der Waals surface area contributed by atoms with Crippen LogP contribution < -0.4 is 5.73 Å². The van der Waals surface area contributed by atoms with Gasteiger partial charge in [-0.15, -0.1) is 11.6 Å². The Kier molecular flexibility index (Phi) is 3.41. The quantitative estimate of drug-likeness (QED) is 0.472. The standard InChI is InChI=1S/C8H8ClN3O2/c9-3-1-2-6-4-7(12(13)14)5-11-8(6)10/h1-2,4-5H,3H2,(H2,10,11). The zero-order valence-electron chi connectivity index (χ0n) is 7.18. The molecule has 0 saturated carbocycles. The summed E-state index contributed by atoms with van der Waals surface area (Å²) in [7, 11) is 0. The number of nitrogen functional groups attached to an aromatic ring is 1. The molecule has 0 spiro atoms. The highest BCUT2D eigenvalue weighted by atomic mass is 35.5. The SMILES string of the molecule is Nc1ncc([N+](=O)[O-])cc1C=CCCl. The van der Waals surface area contributed by atoms with E-state index in [1.165, 1.54) is 6.07 Å². The lowest BCUT2D eigenvalue weighted by molar-refractivity contribution is -0.385. The van der Waals surface area contributed by atoms with Gasteiger partial charge in [0.05, 0.1) is 4.92 Å². The Morgan fingerprint density at radius 2 is 2.43 bits per heavy atom. The molecule has 0 aliphatic heterocycles. The lowest BCUT2D eigenvalue weighted by Gasteiger charge is -1.98. The number of aromatic nitrogens is 1. The van der Waals surface area contributed by atoms with Gasteiger partial charge in [0.15, 0.2) is 0 Å². The Balaban J connectivity index is 3.08. The topological polar surface area (TPSA) is 82.0 Å². The van der Waals surface area contributed by atoms with Gasteiger partial charge >= 0.3 is 0 Å². The first-order chi connectivity index (χ1) is 6.65. The number of pyridine rings is 1. The molecule has 0 bridgehead atoms. The first-order valence-corrected chi connectivity index (χ1v) is 4.31. The lowest BCUT2D eigenvalue weighted by atomic mass is 10.2. The summed E-state index contributed by atoms with van der Waals surface area (Å²) in [5.74, 6) is 0.569. The van der Waals surface area contributed by atoms with E-state index in [-0.39, 0.29) is 11.5 Å². The van der Waals surface area contributed by atoms with Gasteiger partial charge in [-0.3, -0.25) is 10.1 Å². The number of nitrogens with two attached hydrogens (primary N) is 1. The van der Waals surface area contributed by atoms with E-state index >= 15 is 0 Å². The third-order valence-corrected chi connectivity index (χ3v) is 1.71.